The zero-order valence-corrected chi connectivity index (χ0v) is 18.9. The second-order valence-electron chi connectivity index (χ2n) is 6.54. The predicted molar refractivity (Wildman–Crippen MR) is 103 cm³/mol. The van der Waals surface area contributed by atoms with E-state index in [2.05, 4.69) is 18.1 Å². The van der Waals surface area contributed by atoms with Crippen molar-refractivity contribution in [2.45, 2.75) is 37.0 Å². The van der Waals surface area contributed by atoms with E-state index in [9.17, 15) is 37.8 Å². The van der Waals surface area contributed by atoms with Crippen LogP contribution in [-0.2, 0) is 31.6 Å². The van der Waals surface area contributed by atoms with Crippen LogP contribution >= 0.6 is 23.5 Å². The molecule has 0 amide bonds. The van der Waals surface area contributed by atoms with E-state index in [1.165, 1.54) is 0 Å². The van der Waals surface area contributed by atoms with Crippen LogP contribution in [0.4, 0.5) is 10.2 Å². The van der Waals surface area contributed by atoms with Gasteiger partial charge in [0, 0.05) is 0 Å². The number of hydrogen-bond acceptors (Lipinski definition) is 12. The molecule has 17 nitrogen and oxygen atoms in total. The lowest BCUT2D eigenvalue weighted by molar-refractivity contribution is -0.0756. The minimum absolute atomic E-state index is 0.465. The average Bonchev–Trinajstić information content (AvgIpc) is 2.87. The monoisotopic (exact) mass is 538 g/mol. The largest absolute Gasteiger partial charge is 0.490 e. The molecule has 1 saturated heterocycles. The normalized spacial score (nSPS) is 30.2. The molecule has 0 aromatic carbocycles. The van der Waals surface area contributed by atoms with Gasteiger partial charge in [-0.15, -0.1) is 6.42 Å². The van der Waals surface area contributed by atoms with Gasteiger partial charge in [-0.2, -0.15) is 13.6 Å². The van der Waals surface area contributed by atoms with E-state index >= 15 is 0 Å². The van der Waals surface area contributed by atoms with Crippen molar-refractivity contribution in [3.63, 3.8) is 0 Å². The maximum absolute atomic E-state index is 13.8. The summed E-state index contributed by atoms with van der Waals surface area (Å²) in [7, 11) is -17.1. The van der Waals surface area contributed by atoms with Crippen LogP contribution in [0.2, 0.25) is 0 Å². The summed E-state index contributed by atoms with van der Waals surface area (Å²) in [6.45, 7) is 0.968. The highest BCUT2D eigenvalue weighted by Crippen LogP contribution is 2.66. The maximum Gasteiger partial charge on any atom is 0.490 e. The Morgan fingerprint density at radius 1 is 1.30 bits per heavy atom. The minimum Gasteiger partial charge on any atom is -0.387 e. The van der Waals surface area contributed by atoms with Crippen LogP contribution in [0.15, 0.2) is 11.0 Å². The average molecular weight is 538 g/mol. The molecule has 0 radical (unpaired) electrons. The number of aliphatic hydroxyl groups is 1. The Morgan fingerprint density at radius 2 is 1.88 bits per heavy atom. The first-order valence-corrected chi connectivity index (χ1v) is 12.8. The van der Waals surface area contributed by atoms with Gasteiger partial charge in [0.25, 0.3) is 0 Å². The fourth-order valence-corrected chi connectivity index (χ4v) is 5.97. The number of terminal acetylenes is 1. The number of nitrogen functional groups attached to an aromatic ring is 1. The number of nitrogens with two attached hydrogens (primary N) is 2. The minimum atomic E-state index is -5.82. The van der Waals surface area contributed by atoms with Crippen LogP contribution < -0.4 is 17.2 Å². The van der Waals surface area contributed by atoms with E-state index in [4.69, 9.17) is 32.4 Å². The molecule has 0 aliphatic carbocycles. The van der Waals surface area contributed by atoms with Crippen molar-refractivity contribution in [3.05, 3.63) is 22.5 Å². The van der Waals surface area contributed by atoms with Crippen LogP contribution in [0.3, 0.4) is 0 Å². The van der Waals surface area contributed by atoms with Gasteiger partial charge in [0.1, 0.15) is 12.2 Å². The molecule has 21 heteroatoms. The molecule has 0 bridgehead atoms. The fourth-order valence-electron chi connectivity index (χ4n) is 2.77. The molecule has 0 spiro atoms. The van der Waals surface area contributed by atoms with E-state index < -0.39 is 70.9 Å². The third-order valence-corrected chi connectivity index (χ3v) is 8.04. The van der Waals surface area contributed by atoms with Gasteiger partial charge >= 0.3 is 29.2 Å². The number of nitrogens with zero attached hydrogens (tertiary/aromatic N) is 2. The first-order chi connectivity index (χ1) is 14.8. The Kier molecular flexibility index (Phi) is 7.77. The predicted octanol–water partition coefficient (Wildman–Crippen LogP) is -1.71. The van der Waals surface area contributed by atoms with Crippen LogP contribution in [0, 0.1) is 18.2 Å². The van der Waals surface area contributed by atoms with Crippen molar-refractivity contribution in [1.29, 1.82) is 0 Å². The zero-order valence-electron chi connectivity index (χ0n) is 16.2. The van der Waals surface area contributed by atoms with Gasteiger partial charge in [-0.1, -0.05) is 5.92 Å². The molecule has 1 aromatic rings. The quantitative estimate of drug-likeness (QED) is 0.143. The summed E-state index contributed by atoms with van der Waals surface area (Å²) < 4.78 is 65.5. The van der Waals surface area contributed by atoms with Gasteiger partial charge in [-0.05, 0) is 6.92 Å². The van der Waals surface area contributed by atoms with Gasteiger partial charge in [-0.3, -0.25) is 9.09 Å². The molecular weight excluding hydrogens is 520 g/mol. The van der Waals surface area contributed by atoms with Crippen LogP contribution in [0.25, 0.3) is 0 Å². The number of ether oxygens (including phenoxy) is 1. The summed E-state index contributed by atoms with van der Waals surface area (Å²) in [5, 5.41) is 10.5. The van der Waals surface area contributed by atoms with E-state index in [1.807, 2.05) is 5.92 Å². The number of anilines is 1. The number of rotatable bonds is 8. The number of aromatic nitrogens is 2. The van der Waals surface area contributed by atoms with Crippen molar-refractivity contribution in [2.75, 3.05) is 5.73 Å². The molecule has 3 unspecified atom stereocenters. The molecule has 33 heavy (non-hydrogen) atoms. The first kappa shape index (κ1) is 27.7. The molecule has 9 N–H and O–H groups in total. The molecule has 2 heterocycles. The highest BCUT2D eigenvalue weighted by Gasteiger charge is 2.57. The van der Waals surface area contributed by atoms with Gasteiger partial charge in [0.2, 0.25) is 0 Å². The summed E-state index contributed by atoms with van der Waals surface area (Å²) >= 11 is 0. The zero-order chi connectivity index (χ0) is 25.6. The number of phosphoric ester groups is 1. The number of phosphoric acid groups is 3. The second-order valence-corrected chi connectivity index (χ2v) is 10.9. The Labute approximate surface area is 183 Å². The first-order valence-electron chi connectivity index (χ1n) is 8.28. The smallest absolute Gasteiger partial charge is 0.387 e. The van der Waals surface area contributed by atoms with E-state index in [0.717, 1.165) is 6.92 Å². The Bertz CT molecular complexity index is 1170. The SMILES string of the molecule is C#CC1(N)[C@@H](O)[C@@H]([C@@H](C)OP(=O)(O)OP(=O)(O)OP(=O)(O)O)O[C@H]1n1cc(F)c(N)nc1=O. The van der Waals surface area contributed by atoms with Gasteiger partial charge < -0.3 is 40.9 Å². The van der Waals surface area contributed by atoms with E-state index in [-0.39, 0.29) is 0 Å². The molecule has 1 aliphatic heterocycles. The van der Waals surface area contributed by atoms with Crippen molar-refractivity contribution >= 4 is 29.3 Å². The Balaban J connectivity index is 2.31. The number of hydrogen-bond donors (Lipinski definition) is 7. The molecule has 1 aliphatic rings. The summed E-state index contributed by atoms with van der Waals surface area (Å²) in [4.78, 5) is 51.2. The van der Waals surface area contributed by atoms with Gasteiger partial charge in [0.05, 0.1) is 12.3 Å². The van der Waals surface area contributed by atoms with Crippen molar-refractivity contribution < 1.29 is 60.6 Å². The molecule has 7 atom stereocenters. The number of halogens is 1. The standard InChI is InChI=1S/C12H18FN4O13P3/c1-3-12(15)8(18)7(27-10(12)17-4-6(13)9(14)16-11(17)19)5(2)28-32(23,24)30-33(25,26)29-31(20,21)22/h1,4-5,7-8,10,18H,15H2,2H3,(H,23,24)(H,25,26)(H2,14,16,19)(H2,20,21,22)/t5-,7-,8+,10-,12?/m1/s1. The van der Waals surface area contributed by atoms with E-state index in [1.54, 1.807) is 0 Å². The van der Waals surface area contributed by atoms with Crippen LogP contribution in [0.1, 0.15) is 13.2 Å². The Hall–Kier alpha value is -1.54. The lowest BCUT2D eigenvalue weighted by Crippen LogP contribution is -2.55. The van der Waals surface area contributed by atoms with E-state index in [0.29, 0.717) is 10.8 Å². The summed E-state index contributed by atoms with van der Waals surface area (Å²) in [5.74, 6) is 0.0401. The maximum atomic E-state index is 13.8. The fraction of sp³-hybridized carbons (Fsp3) is 0.500. The van der Waals surface area contributed by atoms with Crippen LogP contribution in [0.5, 0.6) is 0 Å². The third kappa shape index (κ3) is 6.32. The molecule has 186 valence electrons. The summed E-state index contributed by atoms with van der Waals surface area (Å²) in [6, 6.07) is 0. The topological polar surface area (TPSA) is 276 Å². The molecule has 2 rings (SSSR count). The molecule has 1 aromatic heterocycles. The van der Waals surface area contributed by atoms with Crippen molar-refractivity contribution in [3.8, 4) is 12.3 Å². The number of aliphatic hydroxyl groups excluding tert-OH is 1. The second kappa shape index (κ2) is 9.25. The summed E-state index contributed by atoms with van der Waals surface area (Å²) in [6.07, 6.45) is -1.38. The summed E-state index contributed by atoms with van der Waals surface area (Å²) in [5.41, 5.74) is 7.69. The Morgan fingerprint density at radius 3 is 2.39 bits per heavy atom. The lowest BCUT2D eigenvalue weighted by Gasteiger charge is -2.28. The third-order valence-electron chi connectivity index (χ3n) is 4.11. The lowest BCUT2D eigenvalue weighted by atomic mass is 9.90. The van der Waals surface area contributed by atoms with Crippen LogP contribution in [-0.4, -0.2) is 58.1 Å². The van der Waals surface area contributed by atoms with Gasteiger partial charge in [-0.25, -0.2) is 22.9 Å². The molecule has 0 saturated carbocycles. The molecular formula is C12H18FN4O13P3. The van der Waals surface area contributed by atoms with Crippen molar-refractivity contribution in [1.82, 2.24) is 9.55 Å². The highest BCUT2D eigenvalue weighted by molar-refractivity contribution is 7.66. The highest BCUT2D eigenvalue weighted by atomic mass is 31.3. The molecule has 1 fully saturated rings. The van der Waals surface area contributed by atoms with Gasteiger partial charge in [0.15, 0.2) is 23.4 Å². The van der Waals surface area contributed by atoms with Crippen molar-refractivity contribution in [2.24, 2.45) is 5.73 Å².